The predicted octanol–water partition coefficient (Wildman–Crippen LogP) is 2.82. The van der Waals surface area contributed by atoms with E-state index in [1.165, 1.54) is 18.5 Å². The van der Waals surface area contributed by atoms with Gasteiger partial charge in [0.2, 0.25) is 5.88 Å². The minimum absolute atomic E-state index is 0.0466. The van der Waals surface area contributed by atoms with Crippen molar-refractivity contribution in [3.8, 4) is 5.88 Å². The molecular weight excluding hydrogens is 404 g/mol. The van der Waals surface area contributed by atoms with Crippen LogP contribution in [0.3, 0.4) is 0 Å². The van der Waals surface area contributed by atoms with Crippen molar-refractivity contribution in [2.45, 2.75) is 71.3 Å². The predicted molar refractivity (Wildman–Crippen MR) is 125 cm³/mol. The summed E-state index contributed by atoms with van der Waals surface area (Å²) in [6, 6.07) is 2.22. The molecule has 2 aromatic rings. The molecule has 0 radical (unpaired) electrons. The van der Waals surface area contributed by atoms with Crippen LogP contribution in [-0.2, 0) is 12.0 Å². The molecule has 0 atom stereocenters. The molecule has 0 bridgehead atoms. The summed E-state index contributed by atoms with van der Waals surface area (Å²) in [5.74, 6) is 2.49. The Morgan fingerprint density at radius 1 is 1.03 bits per heavy atom. The number of aromatic hydroxyl groups is 1. The molecule has 0 amide bonds. The van der Waals surface area contributed by atoms with Gasteiger partial charge in [-0.3, -0.25) is 9.47 Å². The molecule has 1 aliphatic heterocycles. The van der Waals surface area contributed by atoms with Crippen molar-refractivity contribution < 1.29 is 5.11 Å². The number of nitrogens with zero attached hydrogens (tertiary/aromatic N) is 6. The van der Waals surface area contributed by atoms with Gasteiger partial charge in [-0.05, 0) is 39.2 Å². The number of piperazine rings is 1. The SMILES string of the molecule is Cc1cn(CCCCN2CCN(c3cc(C4CC4)nc(C(C)(C)C)n3)CC2)c(=O)nc1O. The normalized spacial score (nSPS) is 17.7. The van der Waals surface area contributed by atoms with E-state index in [0.29, 0.717) is 18.0 Å². The maximum absolute atomic E-state index is 11.9. The maximum atomic E-state index is 11.9. The third kappa shape index (κ3) is 5.46. The third-order valence-corrected chi connectivity index (χ3v) is 6.37. The molecule has 1 saturated heterocycles. The Balaban J connectivity index is 1.28. The highest BCUT2D eigenvalue weighted by Gasteiger charge is 2.29. The van der Waals surface area contributed by atoms with E-state index in [2.05, 4.69) is 41.6 Å². The van der Waals surface area contributed by atoms with Crippen LogP contribution in [0.15, 0.2) is 17.1 Å². The molecule has 32 heavy (non-hydrogen) atoms. The Hall–Kier alpha value is -2.48. The molecule has 1 N–H and O–H groups in total. The second kappa shape index (κ2) is 9.17. The summed E-state index contributed by atoms with van der Waals surface area (Å²) in [6.45, 7) is 14.0. The number of rotatable bonds is 7. The van der Waals surface area contributed by atoms with Crippen LogP contribution < -0.4 is 10.6 Å². The average Bonchev–Trinajstić information content (AvgIpc) is 3.60. The largest absolute Gasteiger partial charge is 0.493 e. The second-order valence-electron chi connectivity index (χ2n) is 10.3. The molecule has 8 nitrogen and oxygen atoms in total. The highest BCUT2D eigenvalue weighted by molar-refractivity contribution is 5.42. The van der Waals surface area contributed by atoms with Crippen LogP contribution in [0, 0.1) is 6.92 Å². The monoisotopic (exact) mass is 440 g/mol. The summed E-state index contributed by atoms with van der Waals surface area (Å²) >= 11 is 0. The zero-order chi connectivity index (χ0) is 22.9. The van der Waals surface area contributed by atoms with E-state index in [1.54, 1.807) is 17.7 Å². The van der Waals surface area contributed by atoms with Crippen molar-refractivity contribution in [1.29, 1.82) is 0 Å². The first-order valence-corrected chi connectivity index (χ1v) is 11.8. The van der Waals surface area contributed by atoms with Crippen LogP contribution >= 0.6 is 0 Å². The molecule has 4 rings (SSSR count). The summed E-state index contributed by atoms with van der Waals surface area (Å²) in [4.78, 5) is 30.2. The van der Waals surface area contributed by atoms with Gasteiger partial charge < -0.3 is 10.0 Å². The number of unbranched alkanes of at least 4 members (excludes halogenated alkanes) is 1. The highest BCUT2D eigenvalue weighted by Crippen LogP contribution is 2.40. The van der Waals surface area contributed by atoms with Crippen molar-refractivity contribution in [3.63, 3.8) is 0 Å². The fourth-order valence-corrected chi connectivity index (χ4v) is 4.11. The lowest BCUT2D eigenvalue weighted by Gasteiger charge is -2.36. The van der Waals surface area contributed by atoms with E-state index in [-0.39, 0.29) is 17.0 Å². The van der Waals surface area contributed by atoms with Gasteiger partial charge in [-0.2, -0.15) is 4.98 Å². The fraction of sp³-hybridized carbons (Fsp3) is 0.667. The van der Waals surface area contributed by atoms with Gasteiger partial charge in [0.25, 0.3) is 0 Å². The standard InChI is InChI=1S/C24H36N6O2/c1-17-16-30(23(32)27-21(17)31)10-6-5-9-28-11-13-29(14-12-28)20-15-19(18-7-8-18)25-22(26-20)24(2,3)4/h15-16,18H,5-14H2,1-4H3,(H,27,31,32). The fourth-order valence-electron chi connectivity index (χ4n) is 4.11. The molecule has 8 heteroatoms. The quantitative estimate of drug-likeness (QED) is 0.663. The van der Waals surface area contributed by atoms with Gasteiger partial charge in [-0.15, -0.1) is 0 Å². The number of aromatic nitrogens is 4. The van der Waals surface area contributed by atoms with Crippen molar-refractivity contribution in [1.82, 2.24) is 24.4 Å². The van der Waals surface area contributed by atoms with Crippen LogP contribution in [0.25, 0.3) is 0 Å². The topological polar surface area (TPSA) is 87.4 Å². The van der Waals surface area contributed by atoms with Gasteiger partial charge >= 0.3 is 5.69 Å². The minimum atomic E-state index is -0.383. The van der Waals surface area contributed by atoms with Crippen LogP contribution in [0.4, 0.5) is 5.82 Å². The molecule has 1 saturated carbocycles. The second-order valence-corrected chi connectivity index (χ2v) is 10.3. The molecule has 0 aromatic carbocycles. The summed E-state index contributed by atoms with van der Waals surface area (Å²) in [7, 11) is 0. The molecule has 3 heterocycles. The van der Waals surface area contributed by atoms with Crippen molar-refractivity contribution in [2.24, 2.45) is 0 Å². The highest BCUT2D eigenvalue weighted by atomic mass is 16.3. The minimum Gasteiger partial charge on any atom is -0.493 e. The lowest BCUT2D eigenvalue weighted by Crippen LogP contribution is -2.47. The maximum Gasteiger partial charge on any atom is 0.350 e. The Labute approximate surface area is 190 Å². The zero-order valence-electron chi connectivity index (χ0n) is 19.8. The van der Waals surface area contributed by atoms with Crippen LogP contribution in [0.2, 0.25) is 0 Å². The van der Waals surface area contributed by atoms with Crippen molar-refractivity contribution in [2.75, 3.05) is 37.6 Å². The molecule has 2 aliphatic rings. The van der Waals surface area contributed by atoms with E-state index in [9.17, 15) is 9.90 Å². The lowest BCUT2D eigenvalue weighted by atomic mass is 9.95. The Bertz CT molecular complexity index is 1000. The molecule has 0 unspecified atom stereocenters. The van der Waals surface area contributed by atoms with Gasteiger partial charge in [0.1, 0.15) is 11.6 Å². The van der Waals surface area contributed by atoms with Gasteiger partial charge in [0, 0.05) is 67.6 Å². The third-order valence-electron chi connectivity index (χ3n) is 6.37. The molecule has 2 aromatic heterocycles. The first-order chi connectivity index (χ1) is 15.2. The Morgan fingerprint density at radius 2 is 1.72 bits per heavy atom. The van der Waals surface area contributed by atoms with Gasteiger partial charge in [-0.25, -0.2) is 14.8 Å². The van der Waals surface area contributed by atoms with Gasteiger partial charge in [-0.1, -0.05) is 20.8 Å². The number of hydrogen-bond donors (Lipinski definition) is 1. The number of hydrogen-bond acceptors (Lipinski definition) is 7. The molecule has 2 fully saturated rings. The van der Waals surface area contributed by atoms with E-state index in [1.807, 2.05) is 0 Å². The summed E-state index contributed by atoms with van der Waals surface area (Å²) < 4.78 is 1.59. The van der Waals surface area contributed by atoms with Crippen LogP contribution in [0.5, 0.6) is 5.88 Å². The van der Waals surface area contributed by atoms with Gasteiger partial charge in [0.15, 0.2) is 0 Å². The first kappa shape index (κ1) is 22.7. The average molecular weight is 441 g/mol. The van der Waals surface area contributed by atoms with Crippen molar-refractivity contribution in [3.05, 3.63) is 39.8 Å². The van der Waals surface area contributed by atoms with E-state index in [0.717, 1.165) is 57.2 Å². The Kier molecular flexibility index (Phi) is 6.51. The van der Waals surface area contributed by atoms with Crippen LogP contribution in [-0.4, -0.2) is 62.2 Å². The molecule has 174 valence electrons. The molecule has 1 aliphatic carbocycles. The summed E-state index contributed by atoms with van der Waals surface area (Å²) in [6.07, 6.45) is 6.13. The molecule has 0 spiro atoms. The summed E-state index contributed by atoms with van der Waals surface area (Å²) in [5.41, 5.74) is 1.42. The first-order valence-electron chi connectivity index (χ1n) is 11.8. The van der Waals surface area contributed by atoms with E-state index >= 15 is 0 Å². The zero-order valence-corrected chi connectivity index (χ0v) is 19.8. The van der Waals surface area contributed by atoms with Gasteiger partial charge in [0.05, 0.1) is 0 Å². The van der Waals surface area contributed by atoms with E-state index in [4.69, 9.17) is 9.97 Å². The van der Waals surface area contributed by atoms with E-state index < -0.39 is 0 Å². The number of aryl methyl sites for hydroxylation is 2. The smallest absolute Gasteiger partial charge is 0.350 e. The number of anilines is 1. The summed E-state index contributed by atoms with van der Waals surface area (Å²) in [5, 5.41) is 9.53. The lowest BCUT2D eigenvalue weighted by molar-refractivity contribution is 0.250. The van der Waals surface area contributed by atoms with Crippen LogP contribution in [0.1, 0.15) is 69.5 Å². The Morgan fingerprint density at radius 3 is 2.38 bits per heavy atom. The molecular formula is C24H36N6O2. The van der Waals surface area contributed by atoms with Crippen molar-refractivity contribution >= 4 is 5.82 Å².